The minimum Gasteiger partial charge on any atom is -0.490 e. The van der Waals surface area contributed by atoms with E-state index in [9.17, 15) is 4.79 Å². The van der Waals surface area contributed by atoms with Crippen LogP contribution in [0.2, 0.25) is 0 Å². The van der Waals surface area contributed by atoms with E-state index >= 15 is 0 Å². The van der Waals surface area contributed by atoms with Crippen molar-refractivity contribution in [1.29, 1.82) is 0 Å². The first-order valence-corrected chi connectivity index (χ1v) is 16.5. The van der Waals surface area contributed by atoms with Crippen LogP contribution < -0.4 is 15.0 Å². The van der Waals surface area contributed by atoms with E-state index in [-0.39, 0.29) is 5.56 Å². The van der Waals surface area contributed by atoms with Crippen molar-refractivity contribution in [2.45, 2.75) is 20.0 Å². The normalized spacial score (nSPS) is 11.5. The Labute approximate surface area is 284 Å². The second-order valence-electron chi connectivity index (χ2n) is 10.1. The van der Waals surface area contributed by atoms with Gasteiger partial charge >= 0.3 is 0 Å². The summed E-state index contributed by atoms with van der Waals surface area (Å²) in [5.74, 6) is 1.91. The molecule has 4 aromatic carbocycles. The summed E-state index contributed by atoms with van der Waals surface area (Å²) >= 11 is 10.6. The molecule has 0 fully saturated rings. The highest BCUT2D eigenvalue weighted by atomic mass is 79.9. The van der Waals surface area contributed by atoms with Gasteiger partial charge in [0.1, 0.15) is 12.2 Å². The van der Waals surface area contributed by atoms with Crippen LogP contribution in [0, 0.1) is 0 Å². The number of ether oxygens (including phenoxy) is 2. The van der Waals surface area contributed by atoms with Gasteiger partial charge in [0.25, 0.3) is 5.56 Å². The smallest absolute Gasteiger partial charge is 0.282 e. The first-order chi connectivity index (χ1) is 21.8. The van der Waals surface area contributed by atoms with Gasteiger partial charge in [-0.3, -0.25) is 4.79 Å². The summed E-state index contributed by atoms with van der Waals surface area (Å²) < 4.78 is 22.6. The minimum atomic E-state index is -0.315. The highest BCUT2D eigenvalue weighted by molar-refractivity contribution is 9.11. The van der Waals surface area contributed by atoms with Crippen molar-refractivity contribution in [2.75, 3.05) is 6.61 Å². The Morgan fingerprint density at radius 1 is 0.956 bits per heavy atom. The van der Waals surface area contributed by atoms with Crippen LogP contribution in [0.15, 0.2) is 119 Å². The quantitative estimate of drug-likeness (QED) is 0.102. The number of hydrogen-bond donors (Lipinski definition) is 0. The van der Waals surface area contributed by atoms with Gasteiger partial charge in [0.2, 0.25) is 5.82 Å². The van der Waals surface area contributed by atoms with Crippen LogP contribution in [0.5, 0.6) is 11.5 Å². The van der Waals surface area contributed by atoms with Crippen molar-refractivity contribution in [1.82, 2.24) is 9.66 Å². The molecule has 0 aliphatic rings. The van der Waals surface area contributed by atoms with Gasteiger partial charge in [0.15, 0.2) is 17.3 Å². The van der Waals surface area contributed by atoms with Crippen LogP contribution in [-0.2, 0) is 13.0 Å². The number of fused-ring (bicyclic) bond motifs is 2. The lowest BCUT2D eigenvalue weighted by Gasteiger charge is -2.17. The Balaban J connectivity index is 1.43. The van der Waals surface area contributed by atoms with Crippen molar-refractivity contribution in [2.24, 2.45) is 5.10 Å². The second kappa shape index (κ2) is 13.6. The molecule has 0 bridgehead atoms. The van der Waals surface area contributed by atoms with Crippen molar-refractivity contribution < 1.29 is 13.9 Å². The van der Waals surface area contributed by atoms with E-state index in [4.69, 9.17) is 18.9 Å². The molecule has 2 aromatic heterocycles. The molecular formula is C35H26Br3N3O4. The summed E-state index contributed by atoms with van der Waals surface area (Å²) in [5.41, 5.74) is 3.49. The van der Waals surface area contributed by atoms with Gasteiger partial charge in [-0.1, -0.05) is 72.1 Å². The summed E-state index contributed by atoms with van der Waals surface area (Å²) in [6.45, 7) is 6.63. The van der Waals surface area contributed by atoms with E-state index < -0.39 is 0 Å². The predicted molar refractivity (Wildman–Crippen MR) is 190 cm³/mol. The van der Waals surface area contributed by atoms with E-state index in [1.165, 1.54) is 4.68 Å². The number of hydrogen-bond acceptors (Lipinski definition) is 6. The highest BCUT2D eigenvalue weighted by Crippen LogP contribution is 2.35. The Morgan fingerprint density at radius 3 is 2.56 bits per heavy atom. The second-order valence-corrected chi connectivity index (χ2v) is 12.8. The zero-order valence-corrected chi connectivity index (χ0v) is 28.9. The predicted octanol–water partition coefficient (Wildman–Crippen LogP) is 9.69. The number of rotatable bonds is 10. The summed E-state index contributed by atoms with van der Waals surface area (Å²) in [5, 5.41) is 5.97. The monoisotopic (exact) mass is 789 g/mol. The largest absolute Gasteiger partial charge is 0.490 e. The summed E-state index contributed by atoms with van der Waals surface area (Å²) in [4.78, 5) is 18.6. The molecule has 6 aromatic rings. The van der Waals surface area contributed by atoms with E-state index in [0.717, 1.165) is 29.9 Å². The molecule has 0 N–H and O–H groups in total. The topological polar surface area (TPSA) is 78.9 Å². The molecule has 0 saturated carbocycles. The molecule has 2 heterocycles. The number of aromatic nitrogens is 2. The number of nitrogens with zero attached hydrogens (tertiary/aromatic N) is 3. The highest BCUT2D eigenvalue weighted by Gasteiger charge is 2.18. The van der Waals surface area contributed by atoms with Crippen LogP contribution in [0.25, 0.3) is 33.5 Å². The Kier molecular flexibility index (Phi) is 9.34. The molecule has 10 heteroatoms. The summed E-state index contributed by atoms with van der Waals surface area (Å²) in [6, 6.07) is 24.5. The summed E-state index contributed by atoms with van der Waals surface area (Å²) in [6.07, 6.45) is 3.96. The first kappa shape index (κ1) is 31.0. The molecular weight excluding hydrogens is 766 g/mol. The van der Waals surface area contributed by atoms with E-state index in [1.807, 2.05) is 73.7 Å². The maximum Gasteiger partial charge on any atom is 0.282 e. The van der Waals surface area contributed by atoms with E-state index in [0.29, 0.717) is 64.8 Å². The van der Waals surface area contributed by atoms with Gasteiger partial charge in [-0.15, -0.1) is 6.58 Å². The lowest BCUT2D eigenvalue weighted by molar-refractivity contribution is 0.266. The van der Waals surface area contributed by atoms with Crippen molar-refractivity contribution >= 4 is 75.9 Å². The van der Waals surface area contributed by atoms with Gasteiger partial charge < -0.3 is 13.9 Å². The van der Waals surface area contributed by atoms with Gasteiger partial charge in [-0.05, 0) is 79.6 Å². The molecule has 0 radical (unpaired) electrons. The number of para-hydroxylation sites is 1. The maximum absolute atomic E-state index is 13.8. The minimum absolute atomic E-state index is 0.290. The van der Waals surface area contributed by atoms with Crippen LogP contribution in [0.1, 0.15) is 23.6 Å². The molecule has 226 valence electrons. The van der Waals surface area contributed by atoms with Gasteiger partial charge in [0.05, 0.1) is 23.7 Å². The Morgan fingerprint density at radius 2 is 1.76 bits per heavy atom. The third kappa shape index (κ3) is 6.68. The molecule has 0 aliphatic carbocycles. The van der Waals surface area contributed by atoms with Crippen LogP contribution in [-0.4, -0.2) is 22.5 Å². The van der Waals surface area contributed by atoms with E-state index in [1.54, 1.807) is 24.4 Å². The zero-order valence-electron chi connectivity index (χ0n) is 24.1. The standard InChI is InChI=1S/C35H26Br3N3O4/c1-3-7-22-14-21(15-31(43-4-2)33(22)44-20-23-10-11-26(37)18-28(23)38)19-39-41-34(40-29-9-6-5-8-27(29)35(41)42)32-17-24-16-25(36)12-13-30(24)45-32/h3,5-6,8-19H,1,4,7,20H2,2H3. The molecule has 45 heavy (non-hydrogen) atoms. The number of halogens is 3. The average molecular weight is 792 g/mol. The number of furan rings is 1. The van der Waals surface area contributed by atoms with Gasteiger partial charge in [0, 0.05) is 29.9 Å². The summed E-state index contributed by atoms with van der Waals surface area (Å²) in [7, 11) is 0. The van der Waals surface area contributed by atoms with Gasteiger partial charge in [-0.25, -0.2) is 4.98 Å². The lowest BCUT2D eigenvalue weighted by atomic mass is 10.1. The fraction of sp³-hybridized carbons (Fsp3) is 0.114. The molecule has 0 saturated heterocycles. The number of allylic oxidation sites excluding steroid dienone is 1. The first-order valence-electron chi connectivity index (χ1n) is 14.1. The SMILES string of the molecule is C=CCc1cc(C=Nn2c(-c3cc4cc(Br)ccc4o3)nc3ccccc3c2=O)cc(OCC)c1OCc1ccc(Br)cc1Br. The van der Waals surface area contributed by atoms with Gasteiger partial charge in [-0.2, -0.15) is 9.78 Å². The Bertz CT molecular complexity index is 2150. The molecule has 0 atom stereocenters. The zero-order chi connectivity index (χ0) is 31.5. The van der Waals surface area contributed by atoms with E-state index in [2.05, 4.69) is 59.5 Å². The fourth-order valence-electron chi connectivity index (χ4n) is 4.92. The molecule has 0 spiro atoms. The molecule has 0 amide bonds. The van der Waals surface area contributed by atoms with Crippen LogP contribution in [0.4, 0.5) is 0 Å². The Hall–Kier alpha value is -3.99. The lowest BCUT2D eigenvalue weighted by Crippen LogP contribution is -2.20. The third-order valence-electron chi connectivity index (χ3n) is 6.98. The van der Waals surface area contributed by atoms with Crippen LogP contribution >= 0.6 is 47.8 Å². The van der Waals surface area contributed by atoms with Crippen molar-refractivity contribution in [3.8, 4) is 23.1 Å². The molecule has 7 nitrogen and oxygen atoms in total. The van der Waals surface area contributed by atoms with Crippen molar-refractivity contribution in [3.63, 3.8) is 0 Å². The fourth-order valence-corrected chi connectivity index (χ4v) is 6.46. The third-order valence-corrected chi connectivity index (χ3v) is 8.70. The maximum atomic E-state index is 13.8. The molecule has 0 unspecified atom stereocenters. The molecule has 0 aliphatic heterocycles. The average Bonchev–Trinajstić information content (AvgIpc) is 3.44. The number of benzene rings is 4. The molecule has 6 rings (SSSR count). The van der Waals surface area contributed by atoms with Crippen molar-refractivity contribution in [3.05, 3.63) is 132 Å². The van der Waals surface area contributed by atoms with Crippen LogP contribution in [0.3, 0.4) is 0 Å².